The Morgan fingerprint density at radius 2 is 2.26 bits per heavy atom. The molecule has 0 aliphatic heterocycles. The van der Waals surface area contributed by atoms with Crippen molar-refractivity contribution >= 4 is 17.4 Å². The number of thiazole rings is 1. The quantitative estimate of drug-likeness (QED) is 0.902. The van der Waals surface area contributed by atoms with E-state index in [1.54, 1.807) is 11.3 Å². The molecule has 1 N–H and O–H groups in total. The van der Waals surface area contributed by atoms with Gasteiger partial charge in [0.05, 0.1) is 5.01 Å². The van der Waals surface area contributed by atoms with Crippen molar-refractivity contribution in [1.29, 1.82) is 0 Å². The Morgan fingerprint density at radius 1 is 1.53 bits per heavy atom. The molecule has 106 valence electrons. The van der Waals surface area contributed by atoms with Crippen LogP contribution in [0.15, 0.2) is 11.6 Å². The second kappa shape index (κ2) is 5.90. The summed E-state index contributed by atoms with van der Waals surface area (Å²) in [4.78, 5) is 18.5. The highest BCUT2D eigenvalue weighted by molar-refractivity contribution is 7.09. The molecule has 1 aromatic rings. The average Bonchev–Trinajstić information content (AvgIpc) is 3.02. The average molecular weight is 281 g/mol. The van der Waals surface area contributed by atoms with E-state index in [4.69, 9.17) is 0 Å². The highest BCUT2D eigenvalue weighted by Gasteiger charge is 2.32. The zero-order valence-electron chi connectivity index (χ0n) is 12.0. The van der Waals surface area contributed by atoms with E-state index < -0.39 is 0 Å². The summed E-state index contributed by atoms with van der Waals surface area (Å²) in [6.07, 6.45) is 4.96. The van der Waals surface area contributed by atoms with E-state index in [0.29, 0.717) is 12.6 Å². The van der Waals surface area contributed by atoms with Gasteiger partial charge in [-0.3, -0.25) is 0 Å². The van der Waals surface area contributed by atoms with E-state index >= 15 is 0 Å². The fourth-order valence-electron chi connectivity index (χ4n) is 1.87. The van der Waals surface area contributed by atoms with Crippen LogP contribution in [-0.2, 0) is 6.42 Å². The van der Waals surface area contributed by atoms with Crippen LogP contribution >= 0.6 is 11.3 Å². The molecule has 5 heteroatoms. The second-order valence-corrected chi connectivity index (χ2v) is 7.30. The van der Waals surface area contributed by atoms with Gasteiger partial charge < -0.3 is 10.2 Å². The molecule has 1 aliphatic rings. The van der Waals surface area contributed by atoms with Crippen molar-refractivity contribution in [3.8, 4) is 0 Å². The van der Waals surface area contributed by atoms with Gasteiger partial charge in [0.15, 0.2) is 0 Å². The van der Waals surface area contributed by atoms with Crippen LogP contribution in [-0.4, -0.2) is 35.0 Å². The van der Waals surface area contributed by atoms with Crippen molar-refractivity contribution in [3.05, 3.63) is 16.6 Å². The third-order valence-corrected chi connectivity index (χ3v) is 3.91. The number of nitrogens with one attached hydrogen (secondary N) is 1. The van der Waals surface area contributed by atoms with Crippen LogP contribution in [0, 0.1) is 5.41 Å². The van der Waals surface area contributed by atoms with Gasteiger partial charge in [-0.1, -0.05) is 20.8 Å². The molecule has 0 radical (unpaired) electrons. The number of hydrogen-bond acceptors (Lipinski definition) is 3. The Bertz CT molecular complexity index is 407. The number of urea groups is 1. The van der Waals surface area contributed by atoms with Crippen molar-refractivity contribution in [2.75, 3.05) is 13.1 Å². The molecule has 1 aliphatic carbocycles. The van der Waals surface area contributed by atoms with E-state index in [-0.39, 0.29) is 11.4 Å². The summed E-state index contributed by atoms with van der Waals surface area (Å²) in [6.45, 7) is 7.87. The summed E-state index contributed by atoms with van der Waals surface area (Å²) in [5.74, 6) is 0. The van der Waals surface area contributed by atoms with Crippen LogP contribution in [0.4, 0.5) is 4.79 Å². The summed E-state index contributed by atoms with van der Waals surface area (Å²) in [7, 11) is 0. The van der Waals surface area contributed by atoms with E-state index in [1.165, 1.54) is 0 Å². The van der Waals surface area contributed by atoms with Crippen LogP contribution in [0.25, 0.3) is 0 Å². The molecule has 0 aromatic carbocycles. The minimum Gasteiger partial charge on any atom is -0.337 e. The molecule has 4 nitrogen and oxygen atoms in total. The van der Waals surface area contributed by atoms with Gasteiger partial charge in [0.2, 0.25) is 0 Å². The molecule has 1 heterocycles. The van der Waals surface area contributed by atoms with Crippen molar-refractivity contribution in [1.82, 2.24) is 15.2 Å². The highest BCUT2D eigenvalue weighted by Crippen LogP contribution is 2.27. The molecule has 0 unspecified atom stereocenters. The molecular weight excluding hydrogens is 258 g/mol. The van der Waals surface area contributed by atoms with E-state index in [1.807, 2.05) is 16.5 Å². The third-order valence-electron chi connectivity index (χ3n) is 3.07. The van der Waals surface area contributed by atoms with E-state index in [2.05, 4.69) is 31.1 Å². The lowest BCUT2D eigenvalue weighted by Gasteiger charge is -2.25. The molecule has 2 amide bonds. The maximum Gasteiger partial charge on any atom is 0.317 e. The molecule has 1 fully saturated rings. The number of hydrogen-bond donors (Lipinski definition) is 1. The number of carbonyl (C=O) groups excluding carboxylic acids is 1. The Morgan fingerprint density at radius 3 is 2.79 bits per heavy atom. The number of amides is 2. The molecule has 19 heavy (non-hydrogen) atoms. The lowest BCUT2D eigenvalue weighted by Crippen LogP contribution is -2.45. The fourth-order valence-corrected chi connectivity index (χ4v) is 2.48. The van der Waals surface area contributed by atoms with Gasteiger partial charge in [-0.2, -0.15) is 0 Å². The zero-order chi connectivity index (χ0) is 13.9. The van der Waals surface area contributed by atoms with Gasteiger partial charge in [0, 0.05) is 37.1 Å². The second-order valence-electron chi connectivity index (χ2n) is 6.32. The summed E-state index contributed by atoms with van der Waals surface area (Å²) >= 11 is 1.66. The lowest BCUT2D eigenvalue weighted by atomic mass is 9.97. The van der Waals surface area contributed by atoms with Gasteiger partial charge in [0.25, 0.3) is 0 Å². The molecule has 0 atom stereocenters. The van der Waals surface area contributed by atoms with Crippen LogP contribution < -0.4 is 5.32 Å². The number of aromatic nitrogens is 1. The van der Waals surface area contributed by atoms with Crippen molar-refractivity contribution in [2.24, 2.45) is 5.41 Å². The monoisotopic (exact) mass is 281 g/mol. The maximum atomic E-state index is 12.2. The minimum atomic E-state index is 0.0778. The number of nitrogens with zero attached hydrogens (tertiary/aromatic N) is 2. The first-order valence-electron chi connectivity index (χ1n) is 6.88. The smallest absolute Gasteiger partial charge is 0.317 e. The van der Waals surface area contributed by atoms with Crippen LogP contribution in [0.1, 0.15) is 38.6 Å². The van der Waals surface area contributed by atoms with Crippen molar-refractivity contribution < 1.29 is 4.79 Å². The van der Waals surface area contributed by atoms with E-state index in [9.17, 15) is 4.79 Å². The van der Waals surface area contributed by atoms with Gasteiger partial charge in [-0.15, -0.1) is 11.3 Å². The molecule has 0 spiro atoms. The molecule has 2 rings (SSSR count). The topological polar surface area (TPSA) is 45.2 Å². The minimum absolute atomic E-state index is 0.0778. The summed E-state index contributed by atoms with van der Waals surface area (Å²) in [5, 5.41) is 6.13. The lowest BCUT2D eigenvalue weighted by molar-refractivity contribution is 0.190. The molecule has 1 aromatic heterocycles. The van der Waals surface area contributed by atoms with Gasteiger partial charge >= 0.3 is 6.03 Å². The third kappa shape index (κ3) is 4.82. The van der Waals surface area contributed by atoms with Crippen LogP contribution in [0.5, 0.6) is 0 Å². The number of rotatable bonds is 5. The maximum absolute atomic E-state index is 12.2. The van der Waals surface area contributed by atoms with Crippen LogP contribution in [0.2, 0.25) is 0 Å². The SMILES string of the molecule is CC(C)(C)CNC(=O)N(CCc1nccs1)C1CC1. The Kier molecular flexibility index (Phi) is 4.45. The van der Waals surface area contributed by atoms with Gasteiger partial charge in [0.1, 0.15) is 0 Å². The fraction of sp³-hybridized carbons (Fsp3) is 0.714. The predicted octanol–water partition coefficient (Wildman–Crippen LogP) is 2.91. The van der Waals surface area contributed by atoms with Crippen molar-refractivity contribution in [3.63, 3.8) is 0 Å². The first-order valence-corrected chi connectivity index (χ1v) is 7.76. The van der Waals surface area contributed by atoms with Crippen molar-refractivity contribution in [2.45, 2.75) is 46.1 Å². The standard InChI is InChI=1S/C14H23N3OS/c1-14(2,3)10-16-13(18)17(11-4-5-11)8-6-12-15-7-9-19-12/h7,9,11H,4-6,8,10H2,1-3H3,(H,16,18). The zero-order valence-corrected chi connectivity index (χ0v) is 12.8. The first kappa shape index (κ1) is 14.3. The molecule has 0 saturated heterocycles. The van der Waals surface area contributed by atoms with Crippen LogP contribution in [0.3, 0.4) is 0 Å². The molecular formula is C14H23N3OS. The highest BCUT2D eigenvalue weighted by atomic mass is 32.1. The molecule has 0 bridgehead atoms. The summed E-state index contributed by atoms with van der Waals surface area (Å²) in [6, 6.07) is 0.522. The summed E-state index contributed by atoms with van der Waals surface area (Å²) in [5.41, 5.74) is 0.125. The van der Waals surface area contributed by atoms with Gasteiger partial charge in [-0.05, 0) is 18.3 Å². The molecule has 1 saturated carbocycles. The first-order chi connectivity index (χ1) is 8.96. The van der Waals surface area contributed by atoms with Gasteiger partial charge in [-0.25, -0.2) is 9.78 Å². The Labute approximate surface area is 119 Å². The predicted molar refractivity (Wildman–Crippen MR) is 78.4 cm³/mol. The Balaban J connectivity index is 1.83. The Hall–Kier alpha value is -1.10. The van der Waals surface area contributed by atoms with E-state index in [0.717, 1.165) is 30.8 Å². The summed E-state index contributed by atoms with van der Waals surface area (Å²) < 4.78 is 0. The number of carbonyl (C=O) groups is 1. The largest absolute Gasteiger partial charge is 0.337 e. The normalized spacial score (nSPS) is 15.3.